The molecule has 0 radical (unpaired) electrons. The van der Waals surface area contributed by atoms with E-state index in [1.54, 1.807) is 18.2 Å². The molecule has 7 nitrogen and oxygen atoms in total. The van der Waals surface area contributed by atoms with Crippen LogP contribution in [0.25, 0.3) is 0 Å². The van der Waals surface area contributed by atoms with Gasteiger partial charge in [0.1, 0.15) is 0 Å². The summed E-state index contributed by atoms with van der Waals surface area (Å²) in [7, 11) is 3.02. The zero-order valence-corrected chi connectivity index (χ0v) is 13.2. The number of carbonyl (C=O) groups is 2. The van der Waals surface area contributed by atoms with Crippen molar-refractivity contribution < 1.29 is 28.9 Å². The number of amides is 1. The number of carboxylic acids is 1. The zero-order chi connectivity index (χ0) is 16.8. The highest BCUT2D eigenvalue weighted by Gasteiger charge is 2.27. The van der Waals surface area contributed by atoms with Gasteiger partial charge in [-0.15, -0.1) is 0 Å². The van der Waals surface area contributed by atoms with Gasteiger partial charge in [-0.2, -0.15) is 0 Å². The van der Waals surface area contributed by atoms with E-state index in [-0.39, 0.29) is 18.2 Å². The van der Waals surface area contributed by atoms with Crippen LogP contribution >= 0.6 is 0 Å². The molecule has 0 aromatic heterocycles. The molecule has 126 valence electrons. The summed E-state index contributed by atoms with van der Waals surface area (Å²) in [6, 6.07) is 4.45. The minimum atomic E-state index is -0.993. The number of benzene rings is 1. The number of hydrogen-bond donors (Lipinski definition) is 2. The summed E-state index contributed by atoms with van der Waals surface area (Å²) in [5.74, 6) is -0.387. The Morgan fingerprint density at radius 1 is 1.35 bits per heavy atom. The van der Waals surface area contributed by atoms with Crippen molar-refractivity contribution in [2.75, 3.05) is 27.4 Å². The minimum Gasteiger partial charge on any atom is -0.493 e. The molecule has 1 aromatic rings. The largest absolute Gasteiger partial charge is 0.493 e. The molecule has 1 heterocycles. The van der Waals surface area contributed by atoms with Crippen LogP contribution in [0.5, 0.6) is 11.5 Å². The second-order valence-corrected chi connectivity index (χ2v) is 5.33. The van der Waals surface area contributed by atoms with Crippen LogP contribution < -0.4 is 14.8 Å². The van der Waals surface area contributed by atoms with Crippen LogP contribution in [0, 0.1) is 5.92 Å². The van der Waals surface area contributed by atoms with Crippen molar-refractivity contribution >= 4 is 11.9 Å². The molecular weight excluding hydrogens is 302 g/mol. The lowest BCUT2D eigenvalue weighted by Crippen LogP contribution is -2.35. The van der Waals surface area contributed by atoms with Gasteiger partial charge in [0.05, 0.1) is 39.2 Å². The molecular formula is C16H21NO6. The monoisotopic (exact) mass is 323 g/mol. The Bertz CT molecular complexity index is 568. The van der Waals surface area contributed by atoms with Gasteiger partial charge in [0.25, 0.3) is 0 Å². The van der Waals surface area contributed by atoms with Gasteiger partial charge >= 0.3 is 5.97 Å². The molecule has 1 aliphatic heterocycles. The van der Waals surface area contributed by atoms with Gasteiger partial charge < -0.3 is 24.6 Å². The number of rotatable bonds is 7. The van der Waals surface area contributed by atoms with E-state index >= 15 is 0 Å². The first-order valence-corrected chi connectivity index (χ1v) is 7.37. The van der Waals surface area contributed by atoms with E-state index in [0.717, 1.165) is 0 Å². The Morgan fingerprint density at radius 2 is 2.09 bits per heavy atom. The van der Waals surface area contributed by atoms with Crippen LogP contribution in [-0.2, 0) is 14.3 Å². The first-order valence-electron chi connectivity index (χ1n) is 7.37. The maximum atomic E-state index is 12.2. The van der Waals surface area contributed by atoms with Crippen LogP contribution in [0.1, 0.15) is 24.4 Å². The Kier molecular flexibility index (Phi) is 5.81. The van der Waals surface area contributed by atoms with Crippen molar-refractivity contribution in [3.8, 4) is 11.5 Å². The summed E-state index contributed by atoms with van der Waals surface area (Å²) in [5.41, 5.74) is 0.650. The lowest BCUT2D eigenvalue weighted by Gasteiger charge is -2.20. The van der Waals surface area contributed by atoms with Crippen LogP contribution in [0.2, 0.25) is 0 Å². The first-order chi connectivity index (χ1) is 11.0. The molecule has 1 saturated heterocycles. The number of methoxy groups -OCH3 is 2. The molecule has 0 spiro atoms. The molecule has 0 aliphatic carbocycles. The molecule has 1 amide bonds. The van der Waals surface area contributed by atoms with Gasteiger partial charge in [-0.25, -0.2) is 0 Å². The summed E-state index contributed by atoms with van der Waals surface area (Å²) < 4.78 is 15.6. The SMILES string of the molecule is COc1ccc(C(CC(=O)O)NC(=O)C2CCOC2)cc1OC. The van der Waals surface area contributed by atoms with E-state index in [4.69, 9.17) is 19.3 Å². The smallest absolute Gasteiger partial charge is 0.305 e. The lowest BCUT2D eigenvalue weighted by molar-refractivity contribution is -0.138. The van der Waals surface area contributed by atoms with Crippen LogP contribution in [-0.4, -0.2) is 44.4 Å². The highest BCUT2D eigenvalue weighted by atomic mass is 16.5. The quantitative estimate of drug-likeness (QED) is 0.787. The Morgan fingerprint density at radius 3 is 2.65 bits per heavy atom. The van der Waals surface area contributed by atoms with Crippen molar-refractivity contribution in [3.05, 3.63) is 23.8 Å². The van der Waals surface area contributed by atoms with Gasteiger partial charge in [-0.05, 0) is 24.1 Å². The third-order valence-electron chi connectivity index (χ3n) is 3.81. The van der Waals surface area contributed by atoms with E-state index in [1.807, 2.05) is 0 Å². The lowest BCUT2D eigenvalue weighted by atomic mass is 10.0. The third kappa shape index (κ3) is 4.35. The van der Waals surface area contributed by atoms with Crippen molar-refractivity contribution in [3.63, 3.8) is 0 Å². The van der Waals surface area contributed by atoms with Crippen molar-refractivity contribution in [2.24, 2.45) is 5.92 Å². The Labute approximate surface area is 134 Å². The summed E-state index contributed by atoms with van der Waals surface area (Å²) in [4.78, 5) is 23.4. The summed E-state index contributed by atoms with van der Waals surface area (Å²) in [5, 5.41) is 11.9. The van der Waals surface area contributed by atoms with Gasteiger partial charge in [0, 0.05) is 6.61 Å². The van der Waals surface area contributed by atoms with Crippen molar-refractivity contribution in [2.45, 2.75) is 18.9 Å². The fraction of sp³-hybridized carbons (Fsp3) is 0.500. The molecule has 2 atom stereocenters. The van der Waals surface area contributed by atoms with E-state index in [0.29, 0.717) is 36.7 Å². The first kappa shape index (κ1) is 17.1. The molecule has 2 unspecified atom stereocenters. The van der Waals surface area contributed by atoms with Crippen LogP contribution in [0.3, 0.4) is 0 Å². The van der Waals surface area contributed by atoms with Crippen LogP contribution in [0.4, 0.5) is 0 Å². The fourth-order valence-corrected chi connectivity index (χ4v) is 2.53. The highest BCUT2D eigenvalue weighted by Crippen LogP contribution is 2.31. The Balaban J connectivity index is 2.20. The number of ether oxygens (including phenoxy) is 3. The molecule has 1 fully saturated rings. The number of carbonyl (C=O) groups excluding carboxylic acids is 1. The normalized spacial score (nSPS) is 18.3. The predicted molar refractivity (Wildman–Crippen MR) is 81.6 cm³/mol. The van der Waals surface area contributed by atoms with E-state index in [9.17, 15) is 9.59 Å². The van der Waals surface area contributed by atoms with Crippen molar-refractivity contribution in [1.82, 2.24) is 5.32 Å². The van der Waals surface area contributed by atoms with Crippen LogP contribution in [0.15, 0.2) is 18.2 Å². The van der Waals surface area contributed by atoms with Gasteiger partial charge in [0.2, 0.25) is 5.91 Å². The molecule has 0 saturated carbocycles. The van der Waals surface area contributed by atoms with Gasteiger partial charge in [-0.3, -0.25) is 9.59 Å². The van der Waals surface area contributed by atoms with Gasteiger partial charge in [0.15, 0.2) is 11.5 Å². The standard InChI is InChI=1S/C16H21NO6/c1-21-13-4-3-10(7-14(13)22-2)12(8-15(18)19)17-16(20)11-5-6-23-9-11/h3-4,7,11-12H,5-6,8-9H2,1-2H3,(H,17,20)(H,18,19). The predicted octanol–water partition coefficient (Wildman–Crippen LogP) is 1.37. The molecule has 1 aromatic carbocycles. The maximum absolute atomic E-state index is 12.2. The number of hydrogen-bond acceptors (Lipinski definition) is 5. The Hall–Kier alpha value is -2.28. The number of aliphatic carboxylic acids is 1. The molecule has 2 N–H and O–H groups in total. The fourth-order valence-electron chi connectivity index (χ4n) is 2.53. The molecule has 1 aliphatic rings. The molecule has 7 heteroatoms. The highest BCUT2D eigenvalue weighted by molar-refractivity contribution is 5.80. The maximum Gasteiger partial charge on any atom is 0.305 e. The summed E-state index contributed by atoms with van der Waals surface area (Å²) in [6.07, 6.45) is 0.437. The summed E-state index contributed by atoms with van der Waals surface area (Å²) in [6.45, 7) is 0.926. The second kappa shape index (κ2) is 7.82. The van der Waals surface area contributed by atoms with E-state index < -0.39 is 12.0 Å². The van der Waals surface area contributed by atoms with Gasteiger partial charge in [-0.1, -0.05) is 6.07 Å². The number of nitrogens with one attached hydrogen (secondary N) is 1. The topological polar surface area (TPSA) is 94.1 Å². The second-order valence-electron chi connectivity index (χ2n) is 5.33. The molecule has 2 rings (SSSR count). The average molecular weight is 323 g/mol. The zero-order valence-electron chi connectivity index (χ0n) is 13.2. The molecule has 0 bridgehead atoms. The minimum absolute atomic E-state index is 0.191. The molecule has 23 heavy (non-hydrogen) atoms. The number of carboxylic acid groups (broad SMARTS) is 1. The summed E-state index contributed by atoms with van der Waals surface area (Å²) >= 11 is 0. The van der Waals surface area contributed by atoms with Crippen molar-refractivity contribution in [1.29, 1.82) is 0 Å². The third-order valence-corrected chi connectivity index (χ3v) is 3.81. The average Bonchev–Trinajstić information content (AvgIpc) is 3.07. The van der Waals surface area contributed by atoms with E-state index in [2.05, 4.69) is 5.32 Å². The van der Waals surface area contributed by atoms with E-state index in [1.165, 1.54) is 14.2 Å².